The molecule has 1 aromatic rings. The molecule has 0 saturated carbocycles. The summed E-state index contributed by atoms with van der Waals surface area (Å²) in [6.07, 6.45) is 0. The molecule has 0 radical (unpaired) electrons. The van der Waals surface area contributed by atoms with E-state index in [0.717, 1.165) is 24.6 Å². The second kappa shape index (κ2) is 10.9. The van der Waals surface area contributed by atoms with Crippen LogP contribution in [0, 0.1) is 11.8 Å². The number of carbonyl (C=O) groups excluding carboxylic acids is 1. The second-order valence-corrected chi connectivity index (χ2v) is 7.70. The highest BCUT2D eigenvalue weighted by Gasteiger charge is 2.36. The molecule has 1 N–H and O–H groups in total. The predicted molar refractivity (Wildman–Crippen MR) is 112 cm³/mol. The minimum atomic E-state index is 0. The van der Waals surface area contributed by atoms with Crippen LogP contribution in [0.2, 0.25) is 0 Å². The highest BCUT2D eigenvalue weighted by Crippen LogP contribution is 2.28. The lowest BCUT2D eigenvalue weighted by molar-refractivity contribution is -0.122. The maximum Gasteiger partial charge on any atom is 0.234 e. The fourth-order valence-corrected chi connectivity index (χ4v) is 3.20. The van der Waals surface area contributed by atoms with Crippen LogP contribution >= 0.6 is 24.8 Å². The van der Waals surface area contributed by atoms with E-state index in [1.54, 1.807) is 0 Å². The van der Waals surface area contributed by atoms with Gasteiger partial charge >= 0.3 is 0 Å². The van der Waals surface area contributed by atoms with E-state index in [1.807, 2.05) is 25.1 Å². The first-order chi connectivity index (χ1) is 11.3. The van der Waals surface area contributed by atoms with E-state index in [-0.39, 0.29) is 36.8 Å². The molecular formula is C18H33Cl2N5O. The van der Waals surface area contributed by atoms with Gasteiger partial charge in [-0.25, -0.2) is 0 Å². The van der Waals surface area contributed by atoms with Crippen LogP contribution in [0.3, 0.4) is 0 Å². The van der Waals surface area contributed by atoms with Crippen molar-refractivity contribution in [2.75, 3.05) is 38.6 Å². The fraction of sp³-hybridized carbons (Fsp3) is 0.722. The van der Waals surface area contributed by atoms with Gasteiger partial charge in [0.2, 0.25) is 5.91 Å². The molecule has 0 aromatic carbocycles. The number of hydrogen-bond acceptors (Lipinski definition) is 5. The van der Waals surface area contributed by atoms with Crippen LogP contribution in [-0.2, 0) is 4.79 Å². The van der Waals surface area contributed by atoms with Crippen molar-refractivity contribution in [1.29, 1.82) is 0 Å². The molecular weight excluding hydrogens is 373 g/mol. The predicted octanol–water partition coefficient (Wildman–Crippen LogP) is 2.58. The Morgan fingerprint density at radius 2 is 1.85 bits per heavy atom. The smallest absolute Gasteiger partial charge is 0.234 e. The number of anilines is 1. The van der Waals surface area contributed by atoms with Gasteiger partial charge in [-0.05, 0) is 38.1 Å². The minimum Gasteiger partial charge on any atom is -0.353 e. The molecule has 150 valence electrons. The van der Waals surface area contributed by atoms with E-state index >= 15 is 0 Å². The zero-order valence-electron chi connectivity index (χ0n) is 16.6. The zero-order chi connectivity index (χ0) is 17.9. The van der Waals surface area contributed by atoms with Gasteiger partial charge in [0.25, 0.3) is 0 Å². The monoisotopic (exact) mass is 405 g/mol. The maximum absolute atomic E-state index is 12.1. The van der Waals surface area contributed by atoms with Crippen molar-refractivity contribution in [3.63, 3.8) is 0 Å². The Bertz CT molecular complexity index is 551. The standard InChI is InChI=1S/C18H31N5O.2ClH/c1-12(2)14-9-23(10-16(14)19-18(24)11-22(5)6)17-8-7-15(13(3)4)20-21-17;;/h7-8,12-14,16H,9-11H2,1-6H3,(H,19,24);2*1H/t14-,16+;;/m1../s1. The Hall–Kier alpha value is -1.11. The third-order valence-corrected chi connectivity index (χ3v) is 4.61. The molecule has 0 unspecified atom stereocenters. The average molecular weight is 406 g/mol. The van der Waals surface area contributed by atoms with Gasteiger partial charge in [-0.15, -0.1) is 29.9 Å². The van der Waals surface area contributed by atoms with Crippen LogP contribution in [0.5, 0.6) is 0 Å². The number of amides is 1. The van der Waals surface area contributed by atoms with Crippen molar-refractivity contribution < 1.29 is 4.79 Å². The molecule has 0 aliphatic carbocycles. The van der Waals surface area contributed by atoms with E-state index in [9.17, 15) is 4.79 Å². The number of hydrogen-bond donors (Lipinski definition) is 1. The van der Waals surface area contributed by atoms with E-state index in [4.69, 9.17) is 0 Å². The topological polar surface area (TPSA) is 61.4 Å². The number of aromatic nitrogens is 2. The summed E-state index contributed by atoms with van der Waals surface area (Å²) in [4.78, 5) is 16.3. The first-order valence-electron chi connectivity index (χ1n) is 8.80. The molecule has 8 heteroatoms. The summed E-state index contributed by atoms with van der Waals surface area (Å²) < 4.78 is 0. The number of likely N-dealkylation sites (N-methyl/N-ethyl adjacent to an activating group) is 1. The summed E-state index contributed by atoms with van der Waals surface area (Å²) in [5.74, 6) is 2.28. The van der Waals surface area contributed by atoms with E-state index in [1.165, 1.54) is 0 Å². The summed E-state index contributed by atoms with van der Waals surface area (Å²) >= 11 is 0. The molecule has 1 aliphatic rings. The normalized spacial score (nSPS) is 19.5. The largest absolute Gasteiger partial charge is 0.353 e. The first kappa shape index (κ1) is 24.9. The zero-order valence-corrected chi connectivity index (χ0v) is 18.2. The molecule has 6 nitrogen and oxygen atoms in total. The highest BCUT2D eigenvalue weighted by atomic mass is 35.5. The maximum atomic E-state index is 12.1. The summed E-state index contributed by atoms with van der Waals surface area (Å²) in [7, 11) is 3.82. The van der Waals surface area contributed by atoms with Gasteiger partial charge < -0.3 is 15.1 Å². The van der Waals surface area contributed by atoms with Crippen LogP contribution in [0.1, 0.15) is 39.3 Å². The van der Waals surface area contributed by atoms with Gasteiger partial charge in [-0.1, -0.05) is 27.7 Å². The van der Waals surface area contributed by atoms with Crippen molar-refractivity contribution in [3.8, 4) is 0 Å². The Labute approximate surface area is 169 Å². The van der Waals surface area contributed by atoms with Gasteiger partial charge in [-0.3, -0.25) is 4.79 Å². The molecule has 26 heavy (non-hydrogen) atoms. The van der Waals surface area contributed by atoms with Crippen molar-refractivity contribution >= 4 is 36.5 Å². The third kappa shape index (κ3) is 6.56. The van der Waals surface area contributed by atoms with Gasteiger partial charge in [0, 0.05) is 19.0 Å². The quantitative estimate of drug-likeness (QED) is 0.787. The molecule has 2 heterocycles. The Kier molecular flexibility index (Phi) is 10.4. The highest BCUT2D eigenvalue weighted by molar-refractivity contribution is 5.85. The van der Waals surface area contributed by atoms with E-state index < -0.39 is 0 Å². The van der Waals surface area contributed by atoms with Gasteiger partial charge in [0.05, 0.1) is 18.3 Å². The molecule has 1 aromatic heterocycles. The van der Waals surface area contributed by atoms with Crippen molar-refractivity contribution in [2.24, 2.45) is 11.8 Å². The lowest BCUT2D eigenvalue weighted by atomic mass is 9.91. The fourth-order valence-electron chi connectivity index (χ4n) is 3.20. The van der Waals surface area contributed by atoms with E-state index in [0.29, 0.717) is 24.3 Å². The molecule has 1 fully saturated rings. The summed E-state index contributed by atoms with van der Waals surface area (Å²) in [5.41, 5.74) is 1.01. The molecule has 2 rings (SSSR count). The molecule has 0 bridgehead atoms. The minimum absolute atomic E-state index is 0. The summed E-state index contributed by atoms with van der Waals surface area (Å²) in [6, 6.07) is 4.25. The van der Waals surface area contributed by atoms with E-state index in [2.05, 4.69) is 54.2 Å². The number of halogens is 2. The Morgan fingerprint density at radius 1 is 1.19 bits per heavy atom. The number of nitrogens with one attached hydrogen (secondary N) is 1. The molecule has 2 atom stereocenters. The van der Waals surface area contributed by atoms with Crippen LogP contribution in [0.25, 0.3) is 0 Å². The first-order valence-corrected chi connectivity index (χ1v) is 8.80. The average Bonchev–Trinajstić information content (AvgIpc) is 2.90. The lowest BCUT2D eigenvalue weighted by Gasteiger charge is -2.23. The number of nitrogens with zero attached hydrogens (tertiary/aromatic N) is 4. The SMILES string of the molecule is CC(C)c1ccc(N2C[C@H](NC(=O)CN(C)C)[C@@H](C(C)C)C2)nn1.Cl.Cl. The van der Waals surface area contributed by atoms with Crippen molar-refractivity contribution in [3.05, 3.63) is 17.8 Å². The van der Waals surface area contributed by atoms with Crippen molar-refractivity contribution in [2.45, 2.75) is 39.7 Å². The Morgan fingerprint density at radius 3 is 2.31 bits per heavy atom. The summed E-state index contributed by atoms with van der Waals surface area (Å²) in [6.45, 7) is 10.8. The van der Waals surface area contributed by atoms with Gasteiger partial charge in [0.1, 0.15) is 0 Å². The van der Waals surface area contributed by atoms with Crippen LogP contribution in [0.4, 0.5) is 5.82 Å². The molecule has 1 amide bonds. The third-order valence-electron chi connectivity index (χ3n) is 4.61. The van der Waals surface area contributed by atoms with Crippen LogP contribution in [0.15, 0.2) is 12.1 Å². The Balaban J connectivity index is 0.00000312. The van der Waals surface area contributed by atoms with Crippen LogP contribution in [-0.4, -0.2) is 60.8 Å². The molecule has 1 saturated heterocycles. The summed E-state index contributed by atoms with van der Waals surface area (Å²) in [5, 5.41) is 11.9. The molecule has 1 aliphatic heterocycles. The van der Waals surface area contributed by atoms with Gasteiger partial charge in [0.15, 0.2) is 5.82 Å². The van der Waals surface area contributed by atoms with Crippen molar-refractivity contribution in [1.82, 2.24) is 20.4 Å². The number of rotatable bonds is 6. The second-order valence-electron chi connectivity index (χ2n) is 7.70. The number of carbonyl (C=O) groups is 1. The van der Waals surface area contributed by atoms with Gasteiger partial charge in [-0.2, -0.15) is 5.10 Å². The lowest BCUT2D eigenvalue weighted by Crippen LogP contribution is -2.45. The van der Waals surface area contributed by atoms with Crippen LogP contribution < -0.4 is 10.2 Å². The molecule has 0 spiro atoms.